The Bertz CT molecular complexity index is 456. The van der Waals surface area contributed by atoms with E-state index in [2.05, 4.69) is 61.8 Å². The molecule has 2 nitrogen and oxygen atoms in total. The first kappa shape index (κ1) is 15.6. The third kappa shape index (κ3) is 5.35. The molecule has 1 rings (SSSR count). The number of thioether (sulfide) groups is 1. The molecular weight excluding hydrogens is 254 g/mol. The molecule has 19 heavy (non-hydrogen) atoms. The highest BCUT2D eigenvalue weighted by Gasteiger charge is 2.03. The minimum Gasteiger partial charge on any atom is -0.355 e. The first-order chi connectivity index (χ1) is 9.19. The summed E-state index contributed by atoms with van der Waals surface area (Å²) in [5.41, 5.74) is 3.64. The molecule has 3 heteroatoms. The van der Waals surface area contributed by atoms with Crippen molar-refractivity contribution in [3.05, 3.63) is 52.4 Å². The fraction of sp³-hybridized carbons (Fsp3) is 0.312. The zero-order valence-corrected chi connectivity index (χ0v) is 12.6. The average molecular weight is 275 g/mol. The number of allylic oxidation sites excluding steroid dienone is 2. The molecule has 0 atom stereocenters. The molecule has 1 N–H and O–H groups in total. The second-order valence-corrected chi connectivity index (χ2v) is 5.34. The summed E-state index contributed by atoms with van der Waals surface area (Å²) in [7, 11) is 0. The van der Waals surface area contributed by atoms with E-state index in [1.165, 1.54) is 16.0 Å². The first-order valence-corrected chi connectivity index (χ1v) is 7.32. The van der Waals surface area contributed by atoms with Gasteiger partial charge in [0.15, 0.2) is 0 Å². The topological polar surface area (TPSA) is 29.1 Å². The standard InChI is InChI=1S/C16H21NOS/c1-4-5-10-19-16(13(2)3)15-8-6-14(7-9-15)11-17-12-18/h5-10,12H,4,11H2,1-3H3,(H,17,18)/b10-5-. The highest BCUT2D eigenvalue weighted by Crippen LogP contribution is 2.31. The minimum atomic E-state index is 0.580. The van der Waals surface area contributed by atoms with Gasteiger partial charge < -0.3 is 5.32 Å². The Morgan fingerprint density at radius 2 is 1.95 bits per heavy atom. The maximum atomic E-state index is 10.3. The molecular formula is C16H21NOS. The van der Waals surface area contributed by atoms with E-state index >= 15 is 0 Å². The second kappa shape index (κ2) is 8.59. The van der Waals surface area contributed by atoms with Crippen LogP contribution in [-0.4, -0.2) is 6.41 Å². The van der Waals surface area contributed by atoms with Crippen LogP contribution in [0.4, 0.5) is 0 Å². The van der Waals surface area contributed by atoms with Gasteiger partial charge in [0.25, 0.3) is 0 Å². The van der Waals surface area contributed by atoms with Crippen molar-refractivity contribution < 1.29 is 4.79 Å². The summed E-state index contributed by atoms with van der Waals surface area (Å²) in [6.07, 6.45) is 3.94. The number of carbonyl (C=O) groups excluding carboxylic acids is 1. The number of amides is 1. The lowest BCUT2D eigenvalue weighted by atomic mass is 10.1. The monoisotopic (exact) mass is 275 g/mol. The highest BCUT2D eigenvalue weighted by molar-refractivity contribution is 8.10. The summed E-state index contributed by atoms with van der Waals surface area (Å²) in [6, 6.07) is 8.33. The number of rotatable bonds is 7. The van der Waals surface area contributed by atoms with Crippen LogP contribution in [0, 0.1) is 0 Å². The maximum absolute atomic E-state index is 10.3. The number of nitrogens with one attached hydrogen (secondary N) is 1. The van der Waals surface area contributed by atoms with Gasteiger partial charge in [-0.3, -0.25) is 4.79 Å². The highest BCUT2D eigenvalue weighted by atomic mass is 32.2. The molecule has 1 aromatic rings. The van der Waals surface area contributed by atoms with Gasteiger partial charge >= 0.3 is 0 Å². The lowest BCUT2D eigenvalue weighted by molar-refractivity contribution is -0.109. The summed E-state index contributed by atoms with van der Waals surface area (Å²) in [4.78, 5) is 11.6. The van der Waals surface area contributed by atoms with Crippen molar-refractivity contribution >= 4 is 23.1 Å². The van der Waals surface area contributed by atoms with Crippen LogP contribution in [0.15, 0.2) is 41.3 Å². The molecule has 1 amide bonds. The van der Waals surface area contributed by atoms with E-state index in [0.717, 1.165) is 18.4 Å². The molecule has 0 heterocycles. The number of benzene rings is 1. The van der Waals surface area contributed by atoms with Crippen LogP contribution in [0.2, 0.25) is 0 Å². The smallest absolute Gasteiger partial charge is 0.207 e. The molecule has 1 aromatic carbocycles. The summed E-state index contributed by atoms with van der Waals surface area (Å²) < 4.78 is 0. The van der Waals surface area contributed by atoms with Crippen molar-refractivity contribution in [1.82, 2.24) is 5.32 Å². The molecule has 0 saturated heterocycles. The molecule has 0 radical (unpaired) electrons. The van der Waals surface area contributed by atoms with Gasteiger partial charge in [-0.25, -0.2) is 0 Å². The van der Waals surface area contributed by atoms with Crippen LogP contribution in [-0.2, 0) is 11.3 Å². The quantitative estimate of drug-likeness (QED) is 0.750. The molecule has 0 aliphatic carbocycles. The summed E-state index contributed by atoms with van der Waals surface area (Å²) in [5.74, 6) is 0. The Hall–Kier alpha value is -1.48. The predicted molar refractivity (Wildman–Crippen MR) is 84.6 cm³/mol. The predicted octanol–water partition coefficient (Wildman–Crippen LogP) is 4.34. The van der Waals surface area contributed by atoms with Gasteiger partial charge in [-0.2, -0.15) is 0 Å². The molecule has 0 saturated carbocycles. The van der Waals surface area contributed by atoms with Gasteiger partial charge in [-0.15, -0.1) is 0 Å². The lowest BCUT2D eigenvalue weighted by Crippen LogP contribution is -2.09. The summed E-state index contributed by atoms with van der Waals surface area (Å²) in [5, 5.41) is 4.81. The average Bonchev–Trinajstić information content (AvgIpc) is 2.42. The zero-order valence-electron chi connectivity index (χ0n) is 11.8. The molecule has 0 fully saturated rings. The Balaban J connectivity index is 2.83. The van der Waals surface area contributed by atoms with Gasteiger partial charge in [0.05, 0.1) is 0 Å². The molecule has 0 aliphatic rings. The van der Waals surface area contributed by atoms with Crippen molar-refractivity contribution in [2.75, 3.05) is 0 Å². The van der Waals surface area contributed by atoms with Crippen LogP contribution in [0.25, 0.3) is 4.91 Å². The van der Waals surface area contributed by atoms with Gasteiger partial charge in [0.2, 0.25) is 6.41 Å². The fourth-order valence-corrected chi connectivity index (χ4v) is 2.55. The van der Waals surface area contributed by atoms with Crippen LogP contribution >= 0.6 is 11.8 Å². The van der Waals surface area contributed by atoms with E-state index in [0.29, 0.717) is 6.54 Å². The van der Waals surface area contributed by atoms with E-state index in [1.807, 2.05) is 0 Å². The summed E-state index contributed by atoms with van der Waals surface area (Å²) >= 11 is 1.76. The first-order valence-electron chi connectivity index (χ1n) is 6.44. The van der Waals surface area contributed by atoms with E-state index in [9.17, 15) is 4.79 Å². The van der Waals surface area contributed by atoms with Crippen LogP contribution < -0.4 is 5.32 Å². The van der Waals surface area contributed by atoms with Crippen molar-refractivity contribution in [3.8, 4) is 0 Å². The Kier molecular flexibility index (Phi) is 7.04. The number of hydrogen-bond acceptors (Lipinski definition) is 2. The van der Waals surface area contributed by atoms with Crippen molar-refractivity contribution in [3.63, 3.8) is 0 Å². The van der Waals surface area contributed by atoms with Crippen molar-refractivity contribution in [2.45, 2.75) is 33.7 Å². The SMILES string of the molecule is CC/C=C\SC(=C(C)C)c1ccc(CNC=O)cc1. The molecule has 102 valence electrons. The second-order valence-electron chi connectivity index (χ2n) is 4.42. The molecule has 0 spiro atoms. The van der Waals surface area contributed by atoms with E-state index in [1.54, 1.807) is 11.8 Å². The lowest BCUT2D eigenvalue weighted by Gasteiger charge is -2.08. The van der Waals surface area contributed by atoms with Gasteiger partial charge in [0.1, 0.15) is 0 Å². The van der Waals surface area contributed by atoms with Gasteiger partial charge in [-0.1, -0.05) is 54.6 Å². The summed E-state index contributed by atoms with van der Waals surface area (Å²) in [6.45, 7) is 6.97. The molecule has 0 aliphatic heterocycles. The molecule has 0 aromatic heterocycles. The van der Waals surface area contributed by atoms with Crippen LogP contribution in [0.1, 0.15) is 38.3 Å². The minimum absolute atomic E-state index is 0.580. The third-order valence-electron chi connectivity index (χ3n) is 2.58. The third-order valence-corrected chi connectivity index (χ3v) is 3.79. The van der Waals surface area contributed by atoms with Crippen molar-refractivity contribution in [2.24, 2.45) is 0 Å². The van der Waals surface area contributed by atoms with Crippen LogP contribution in [0.3, 0.4) is 0 Å². The van der Waals surface area contributed by atoms with Crippen molar-refractivity contribution in [1.29, 1.82) is 0 Å². The Morgan fingerprint density at radius 3 is 2.47 bits per heavy atom. The fourth-order valence-electron chi connectivity index (χ4n) is 1.62. The van der Waals surface area contributed by atoms with Crippen LogP contribution in [0.5, 0.6) is 0 Å². The van der Waals surface area contributed by atoms with E-state index < -0.39 is 0 Å². The number of carbonyl (C=O) groups is 1. The Labute approximate surface area is 120 Å². The molecule has 0 bridgehead atoms. The molecule has 0 unspecified atom stereocenters. The van der Waals surface area contributed by atoms with Gasteiger partial charge in [0, 0.05) is 11.4 Å². The Morgan fingerprint density at radius 1 is 1.26 bits per heavy atom. The maximum Gasteiger partial charge on any atom is 0.207 e. The normalized spacial score (nSPS) is 10.5. The van der Waals surface area contributed by atoms with Gasteiger partial charge in [-0.05, 0) is 36.8 Å². The zero-order chi connectivity index (χ0) is 14.1. The van der Waals surface area contributed by atoms with E-state index in [4.69, 9.17) is 0 Å². The largest absolute Gasteiger partial charge is 0.355 e. The number of hydrogen-bond donors (Lipinski definition) is 1. The van der Waals surface area contributed by atoms with E-state index in [-0.39, 0.29) is 0 Å².